The highest BCUT2D eigenvalue weighted by Gasteiger charge is 2.25. The Kier molecular flexibility index (Phi) is 5.80. The van der Waals surface area contributed by atoms with Crippen LogP contribution in [0.2, 0.25) is 0 Å². The lowest BCUT2D eigenvalue weighted by molar-refractivity contribution is 0.233. The number of halogens is 1. The number of hydrogen-bond acceptors (Lipinski definition) is 2. The molecule has 128 valence electrons. The maximum absolute atomic E-state index is 13.7. The van der Waals surface area contributed by atoms with Crippen LogP contribution in [-0.4, -0.2) is 34.0 Å². The molecule has 2 aromatic rings. The summed E-state index contributed by atoms with van der Waals surface area (Å²) in [6, 6.07) is 14.9. The number of piperidine rings is 1. The van der Waals surface area contributed by atoms with Gasteiger partial charge in [0.25, 0.3) is 0 Å². The second-order valence-electron chi connectivity index (χ2n) is 6.45. The highest BCUT2D eigenvalue weighted by molar-refractivity contribution is 7.85. The van der Waals surface area contributed by atoms with Crippen LogP contribution < -0.4 is 0 Å². The topological polar surface area (TPSA) is 20.3 Å². The van der Waals surface area contributed by atoms with Crippen molar-refractivity contribution in [3.05, 3.63) is 65.5 Å². The number of rotatable bonds is 5. The first-order valence-corrected chi connectivity index (χ1v) is 9.78. The molecule has 0 saturated carbocycles. The first kappa shape index (κ1) is 17.3. The van der Waals surface area contributed by atoms with Gasteiger partial charge in [0.2, 0.25) is 0 Å². The fourth-order valence-corrected chi connectivity index (χ4v) is 4.88. The highest BCUT2D eigenvalue weighted by atomic mass is 32.2. The molecular weight excluding hydrogens is 321 g/mol. The van der Waals surface area contributed by atoms with Crippen LogP contribution in [-0.2, 0) is 17.2 Å². The molecular formula is C20H24FNOS. The Balaban J connectivity index is 1.52. The number of nitrogens with zero attached hydrogens (tertiary/aromatic N) is 1. The van der Waals surface area contributed by atoms with E-state index in [1.807, 2.05) is 43.3 Å². The zero-order valence-electron chi connectivity index (χ0n) is 14.1. The molecule has 1 unspecified atom stereocenters. The first-order valence-electron chi connectivity index (χ1n) is 8.57. The molecule has 1 aliphatic rings. The third kappa shape index (κ3) is 4.11. The van der Waals surface area contributed by atoms with Crippen LogP contribution in [0.5, 0.6) is 0 Å². The molecule has 1 heterocycles. The summed E-state index contributed by atoms with van der Waals surface area (Å²) in [5.74, 6) is -0.118. The zero-order valence-corrected chi connectivity index (χ0v) is 14.9. The predicted octanol–water partition coefficient (Wildman–Crippen LogP) is 3.95. The first-order chi connectivity index (χ1) is 11.6. The zero-order chi connectivity index (χ0) is 16.9. The van der Waals surface area contributed by atoms with E-state index in [2.05, 4.69) is 4.90 Å². The Bertz CT molecular complexity index is 710. The number of benzene rings is 2. The van der Waals surface area contributed by atoms with Crippen LogP contribution in [0, 0.1) is 12.7 Å². The van der Waals surface area contributed by atoms with Gasteiger partial charge in [-0.3, -0.25) is 4.21 Å². The summed E-state index contributed by atoms with van der Waals surface area (Å²) in [5, 5.41) is 0.232. The van der Waals surface area contributed by atoms with Crippen molar-refractivity contribution in [3.8, 4) is 0 Å². The van der Waals surface area contributed by atoms with Crippen LogP contribution in [0.15, 0.2) is 53.4 Å². The lowest BCUT2D eigenvalue weighted by Crippen LogP contribution is -2.38. The average molecular weight is 345 g/mol. The Morgan fingerprint density at radius 2 is 1.75 bits per heavy atom. The summed E-state index contributed by atoms with van der Waals surface area (Å²) < 4.78 is 26.5. The Labute approximate surface area is 146 Å². The van der Waals surface area contributed by atoms with E-state index in [1.54, 1.807) is 6.07 Å². The molecule has 0 amide bonds. The third-order valence-electron chi connectivity index (χ3n) is 4.80. The van der Waals surface area contributed by atoms with Crippen molar-refractivity contribution in [1.82, 2.24) is 4.90 Å². The Morgan fingerprint density at radius 1 is 1.08 bits per heavy atom. The molecule has 2 nitrogen and oxygen atoms in total. The van der Waals surface area contributed by atoms with Crippen molar-refractivity contribution in [2.24, 2.45) is 0 Å². The summed E-state index contributed by atoms with van der Waals surface area (Å²) in [6.45, 7) is 4.77. The van der Waals surface area contributed by atoms with Crippen molar-refractivity contribution < 1.29 is 8.60 Å². The molecule has 1 fully saturated rings. The van der Waals surface area contributed by atoms with E-state index < -0.39 is 10.8 Å². The quantitative estimate of drug-likeness (QED) is 0.818. The van der Waals surface area contributed by atoms with Gasteiger partial charge in [0, 0.05) is 16.7 Å². The maximum atomic E-state index is 13.7. The Morgan fingerprint density at radius 3 is 2.46 bits per heavy atom. The molecule has 0 spiro atoms. The van der Waals surface area contributed by atoms with E-state index in [9.17, 15) is 8.60 Å². The molecule has 2 aromatic carbocycles. The summed E-state index contributed by atoms with van der Waals surface area (Å²) in [7, 11) is -0.927. The van der Waals surface area contributed by atoms with E-state index in [4.69, 9.17) is 0 Å². The van der Waals surface area contributed by atoms with E-state index in [-0.39, 0.29) is 11.1 Å². The largest absolute Gasteiger partial charge is 0.303 e. The van der Waals surface area contributed by atoms with Gasteiger partial charge < -0.3 is 4.90 Å². The van der Waals surface area contributed by atoms with E-state index in [1.165, 1.54) is 6.07 Å². The standard InChI is InChI=1S/C20H24FNOS/c1-16-6-2-5-9-20(16)24(23)18-11-14-22(15-12-18)13-10-17-7-3-4-8-19(17)21/h2-9,18H,10-15H2,1H3. The van der Waals surface area contributed by atoms with Gasteiger partial charge >= 0.3 is 0 Å². The lowest BCUT2D eigenvalue weighted by atomic mass is 10.1. The normalized spacial score (nSPS) is 17.8. The van der Waals surface area contributed by atoms with Crippen molar-refractivity contribution >= 4 is 10.8 Å². The number of aryl methyl sites for hydroxylation is 1. The van der Waals surface area contributed by atoms with Gasteiger partial charge in [-0.2, -0.15) is 0 Å². The number of likely N-dealkylation sites (tertiary alicyclic amines) is 1. The van der Waals surface area contributed by atoms with E-state index in [0.29, 0.717) is 0 Å². The fraction of sp³-hybridized carbons (Fsp3) is 0.400. The summed E-state index contributed by atoms with van der Waals surface area (Å²) >= 11 is 0. The molecule has 0 bridgehead atoms. The van der Waals surface area contributed by atoms with Gasteiger partial charge in [-0.25, -0.2) is 4.39 Å². The summed E-state index contributed by atoms with van der Waals surface area (Å²) in [5.41, 5.74) is 1.89. The van der Waals surface area contributed by atoms with Crippen LogP contribution in [0.1, 0.15) is 24.0 Å². The summed E-state index contributed by atoms with van der Waals surface area (Å²) in [4.78, 5) is 3.33. The minimum absolute atomic E-state index is 0.118. The van der Waals surface area contributed by atoms with Gasteiger partial charge in [0.05, 0.1) is 10.8 Å². The van der Waals surface area contributed by atoms with Crippen molar-refractivity contribution in [1.29, 1.82) is 0 Å². The molecule has 4 heteroatoms. The Hall–Kier alpha value is -1.52. The van der Waals surface area contributed by atoms with Crippen LogP contribution in [0.4, 0.5) is 4.39 Å². The second kappa shape index (κ2) is 8.04. The molecule has 1 atom stereocenters. The van der Waals surface area contributed by atoms with Crippen LogP contribution in [0.3, 0.4) is 0 Å². The average Bonchev–Trinajstić information content (AvgIpc) is 2.61. The molecule has 1 saturated heterocycles. The molecule has 24 heavy (non-hydrogen) atoms. The van der Waals surface area contributed by atoms with Crippen molar-refractivity contribution in [2.75, 3.05) is 19.6 Å². The predicted molar refractivity (Wildman–Crippen MR) is 97.2 cm³/mol. The molecule has 3 rings (SSSR count). The highest BCUT2D eigenvalue weighted by Crippen LogP contribution is 2.23. The van der Waals surface area contributed by atoms with Crippen molar-refractivity contribution in [3.63, 3.8) is 0 Å². The molecule has 0 aliphatic carbocycles. The van der Waals surface area contributed by atoms with Gasteiger partial charge in [-0.05, 0) is 62.5 Å². The summed E-state index contributed by atoms with van der Waals surface area (Å²) in [6.07, 6.45) is 2.62. The molecule has 0 radical (unpaired) electrons. The lowest BCUT2D eigenvalue weighted by Gasteiger charge is -2.31. The van der Waals surface area contributed by atoms with Gasteiger partial charge in [-0.15, -0.1) is 0 Å². The van der Waals surface area contributed by atoms with Gasteiger partial charge in [-0.1, -0.05) is 36.4 Å². The molecule has 1 aliphatic heterocycles. The molecule has 0 aromatic heterocycles. The second-order valence-corrected chi connectivity index (χ2v) is 8.15. The van der Waals surface area contributed by atoms with Crippen LogP contribution >= 0.6 is 0 Å². The van der Waals surface area contributed by atoms with Gasteiger partial charge in [0.1, 0.15) is 5.82 Å². The van der Waals surface area contributed by atoms with E-state index in [0.717, 1.165) is 54.9 Å². The SMILES string of the molecule is Cc1ccccc1S(=O)C1CCN(CCc2ccccc2F)CC1. The molecule has 0 N–H and O–H groups in total. The fourth-order valence-electron chi connectivity index (χ4n) is 3.29. The third-order valence-corrected chi connectivity index (χ3v) is 6.77. The monoisotopic (exact) mass is 345 g/mol. The minimum atomic E-state index is -0.927. The van der Waals surface area contributed by atoms with Gasteiger partial charge in [0.15, 0.2) is 0 Å². The maximum Gasteiger partial charge on any atom is 0.126 e. The minimum Gasteiger partial charge on any atom is -0.303 e. The number of hydrogen-bond donors (Lipinski definition) is 0. The smallest absolute Gasteiger partial charge is 0.126 e. The van der Waals surface area contributed by atoms with Crippen LogP contribution in [0.25, 0.3) is 0 Å². The van der Waals surface area contributed by atoms with E-state index >= 15 is 0 Å². The van der Waals surface area contributed by atoms with Crippen molar-refractivity contribution in [2.45, 2.75) is 36.3 Å².